The number of ether oxygens (including phenoxy) is 2. The van der Waals surface area contributed by atoms with Crippen LogP contribution in [0.25, 0.3) is 0 Å². The summed E-state index contributed by atoms with van der Waals surface area (Å²) in [6, 6.07) is -0.958. The summed E-state index contributed by atoms with van der Waals surface area (Å²) in [5, 5.41) is 0. The highest BCUT2D eigenvalue weighted by molar-refractivity contribution is 7.87. The van der Waals surface area contributed by atoms with Gasteiger partial charge in [0.15, 0.2) is 0 Å². The Morgan fingerprint density at radius 2 is 1.83 bits per heavy atom. The van der Waals surface area contributed by atoms with Gasteiger partial charge in [-0.15, -0.1) is 0 Å². The number of ketones is 1. The largest absolute Gasteiger partial charge is 0.444 e. The molecule has 168 valence electrons. The number of nitrogens with one attached hydrogen (secondary N) is 1. The summed E-state index contributed by atoms with van der Waals surface area (Å²) in [6.45, 7) is 6.06. The predicted octanol–water partition coefficient (Wildman–Crippen LogP) is 1.68. The van der Waals surface area contributed by atoms with Gasteiger partial charge in [-0.2, -0.15) is 17.4 Å². The van der Waals surface area contributed by atoms with Crippen molar-refractivity contribution in [2.45, 2.75) is 83.1 Å². The van der Waals surface area contributed by atoms with Crippen molar-refractivity contribution in [3.8, 4) is 0 Å². The van der Waals surface area contributed by atoms with Crippen molar-refractivity contribution in [2.24, 2.45) is 0 Å². The summed E-state index contributed by atoms with van der Waals surface area (Å²) in [5.74, 6) is 0.245. The van der Waals surface area contributed by atoms with Gasteiger partial charge in [0.2, 0.25) is 0 Å². The van der Waals surface area contributed by atoms with Gasteiger partial charge in [0.1, 0.15) is 11.4 Å². The number of hydrogen-bond donors (Lipinski definition) is 1. The molecule has 1 aliphatic carbocycles. The Kier molecular flexibility index (Phi) is 8.06. The van der Waals surface area contributed by atoms with Crippen LogP contribution < -0.4 is 4.72 Å². The van der Waals surface area contributed by atoms with E-state index >= 15 is 0 Å². The van der Waals surface area contributed by atoms with Gasteiger partial charge in [0.05, 0.1) is 18.8 Å². The molecular weight excluding hydrogens is 398 g/mol. The lowest BCUT2D eigenvalue weighted by atomic mass is 9.95. The van der Waals surface area contributed by atoms with Crippen molar-refractivity contribution in [3.63, 3.8) is 0 Å². The number of Topliss-reactive ketones (excluding diaryl/α,β-unsaturated/α-hetero) is 1. The van der Waals surface area contributed by atoms with E-state index < -0.39 is 34.0 Å². The molecule has 1 aliphatic heterocycles. The van der Waals surface area contributed by atoms with E-state index in [2.05, 4.69) is 4.72 Å². The van der Waals surface area contributed by atoms with Crippen LogP contribution in [0.3, 0.4) is 0 Å². The SMILES string of the molecule is CN(C)S(=O)(=O)N[C@H]1CCCN(C(=O)OC(C)(C)C)[C@H]1COC1CCC(=O)CC1. The maximum atomic E-state index is 12.8. The fourth-order valence-electron chi connectivity index (χ4n) is 3.56. The highest BCUT2D eigenvalue weighted by Gasteiger charge is 2.39. The molecule has 0 spiro atoms. The van der Waals surface area contributed by atoms with Crippen LogP contribution in [0.4, 0.5) is 4.79 Å². The van der Waals surface area contributed by atoms with Gasteiger partial charge in [-0.05, 0) is 46.5 Å². The summed E-state index contributed by atoms with van der Waals surface area (Å²) in [7, 11) is -0.742. The zero-order chi connectivity index (χ0) is 21.8. The molecule has 0 unspecified atom stereocenters. The second kappa shape index (κ2) is 9.72. The zero-order valence-corrected chi connectivity index (χ0v) is 19.0. The smallest absolute Gasteiger partial charge is 0.410 e. The molecule has 0 radical (unpaired) electrons. The molecule has 0 aromatic heterocycles. The summed E-state index contributed by atoms with van der Waals surface area (Å²) in [5.41, 5.74) is -0.650. The highest BCUT2D eigenvalue weighted by atomic mass is 32.2. The number of likely N-dealkylation sites (tertiary alicyclic amines) is 1. The first kappa shape index (κ1) is 24.0. The first-order chi connectivity index (χ1) is 13.4. The molecule has 2 rings (SSSR count). The monoisotopic (exact) mass is 433 g/mol. The number of carbonyl (C=O) groups is 2. The Bertz CT molecular complexity index is 679. The summed E-state index contributed by atoms with van der Waals surface area (Å²) >= 11 is 0. The standard InChI is InChI=1S/C19H35N3O6S/c1-19(2,3)28-18(24)22-12-6-7-16(20-29(25,26)21(4)5)17(22)13-27-15-10-8-14(23)9-11-15/h15-17,20H,6-13H2,1-5H3/t16-,17-/m0/s1. The fraction of sp³-hybridized carbons (Fsp3) is 0.895. The van der Waals surface area contributed by atoms with Crippen LogP contribution in [0.15, 0.2) is 0 Å². The van der Waals surface area contributed by atoms with Crippen LogP contribution in [-0.4, -0.2) is 80.5 Å². The van der Waals surface area contributed by atoms with Crippen molar-refractivity contribution in [1.82, 2.24) is 13.9 Å². The maximum absolute atomic E-state index is 12.8. The molecule has 9 nitrogen and oxygen atoms in total. The number of rotatable bonds is 6. The van der Waals surface area contributed by atoms with E-state index in [1.165, 1.54) is 14.1 Å². The Hall–Kier alpha value is -1.23. The van der Waals surface area contributed by atoms with Crippen molar-refractivity contribution in [2.75, 3.05) is 27.2 Å². The lowest BCUT2D eigenvalue weighted by Crippen LogP contribution is -2.60. The third-order valence-electron chi connectivity index (χ3n) is 5.18. The van der Waals surface area contributed by atoms with Crippen molar-refractivity contribution < 1.29 is 27.5 Å². The molecule has 2 fully saturated rings. The molecule has 1 heterocycles. The van der Waals surface area contributed by atoms with E-state index in [0.717, 1.165) is 4.31 Å². The van der Waals surface area contributed by atoms with Crippen molar-refractivity contribution in [3.05, 3.63) is 0 Å². The number of carbonyl (C=O) groups excluding carboxylic acids is 2. The molecule has 1 saturated carbocycles. The second-order valence-corrected chi connectivity index (χ2v) is 10.9. The summed E-state index contributed by atoms with van der Waals surface area (Å²) in [4.78, 5) is 25.8. The van der Waals surface area contributed by atoms with Gasteiger partial charge < -0.3 is 14.4 Å². The van der Waals surface area contributed by atoms with Crippen LogP contribution in [-0.2, 0) is 24.5 Å². The molecule has 0 bridgehead atoms. The van der Waals surface area contributed by atoms with E-state index in [9.17, 15) is 18.0 Å². The molecule has 1 N–H and O–H groups in total. The lowest BCUT2D eigenvalue weighted by molar-refractivity contribution is -0.123. The van der Waals surface area contributed by atoms with Crippen LogP contribution in [0.5, 0.6) is 0 Å². The van der Waals surface area contributed by atoms with E-state index in [-0.39, 0.29) is 18.5 Å². The molecule has 0 aromatic carbocycles. The molecule has 29 heavy (non-hydrogen) atoms. The number of amides is 1. The van der Waals surface area contributed by atoms with Gasteiger partial charge in [0, 0.05) is 39.5 Å². The van der Waals surface area contributed by atoms with Crippen LogP contribution in [0.2, 0.25) is 0 Å². The normalized spacial score (nSPS) is 24.8. The number of hydrogen-bond acceptors (Lipinski definition) is 6. The first-order valence-electron chi connectivity index (χ1n) is 10.2. The summed E-state index contributed by atoms with van der Waals surface area (Å²) < 4.78 is 40.2. The molecule has 2 aliphatic rings. The topological polar surface area (TPSA) is 105 Å². The van der Waals surface area contributed by atoms with Crippen LogP contribution in [0.1, 0.15) is 59.3 Å². The van der Waals surface area contributed by atoms with Crippen molar-refractivity contribution >= 4 is 22.1 Å². The zero-order valence-electron chi connectivity index (χ0n) is 18.1. The Labute approximate surface area is 174 Å². The van der Waals surface area contributed by atoms with Gasteiger partial charge in [-0.3, -0.25) is 4.79 Å². The summed E-state index contributed by atoms with van der Waals surface area (Å²) in [6.07, 6.45) is 3.06. The average Bonchev–Trinajstić information content (AvgIpc) is 2.60. The highest BCUT2D eigenvalue weighted by Crippen LogP contribution is 2.24. The van der Waals surface area contributed by atoms with Crippen LogP contribution in [0, 0.1) is 0 Å². The van der Waals surface area contributed by atoms with Gasteiger partial charge in [-0.1, -0.05) is 0 Å². The van der Waals surface area contributed by atoms with Gasteiger partial charge in [-0.25, -0.2) is 4.79 Å². The second-order valence-electron chi connectivity index (χ2n) is 8.97. The molecular formula is C19H35N3O6S. The molecule has 10 heteroatoms. The third-order valence-corrected chi connectivity index (χ3v) is 6.74. The van der Waals surface area contributed by atoms with E-state index in [1.54, 1.807) is 25.7 Å². The minimum Gasteiger partial charge on any atom is -0.444 e. The fourth-order valence-corrected chi connectivity index (χ4v) is 4.43. The number of piperidine rings is 1. The maximum Gasteiger partial charge on any atom is 0.410 e. The third kappa shape index (κ3) is 7.20. The molecule has 1 amide bonds. The Morgan fingerprint density at radius 1 is 1.21 bits per heavy atom. The number of nitrogens with zero attached hydrogens (tertiary/aromatic N) is 2. The Morgan fingerprint density at radius 3 is 2.38 bits per heavy atom. The van der Waals surface area contributed by atoms with Gasteiger partial charge >= 0.3 is 6.09 Å². The molecule has 1 saturated heterocycles. The minimum atomic E-state index is -3.66. The minimum absolute atomic E-state index is 0.0544. The van der Waals surface area contributed by atoms with E-state index in [0.29, 0.717) is 45.1 Å². The van der Waals surface area contributed by atoms with E-state index in [1.807, 2.05) is 0 Å². The lowest BCUT2D eigenvalue weighted by Gasteiger charge is -2.42. The van der Waals surface area contributed by atoms with Gasteiger partial charge in [0.25, 0.3) is 10.2 Å². The quantitative estimate of drug-likeness (QED) is 0.683. The van der Waals surface area contributed by atoms with E-state index in [4.69, 9.17) is 9.47 Å². The predicted molar refractivity (Wildman–Crippen MR) is 109 cm³/mol. The first-order valence-corrected chi connectivity index (χ1v) is 11.7. The van der Waals surface area contributed by atoms with Crippen LogP contribution >= 0.6 is 0 Å². The van der Waals surface area contributed by atoms with Crippen molar-refractivity contribution in [1.29, 1.82) is 0 Å². The Balaban J connectivity index is 2.15. The average molecular weight is 434 g/mol. The molecule has 2 atom stereocenters. The molecule has 0 aromatic rings.